The number of nitrogens with one attached hydrogen (secondary N) is 1. The highest BCUT2D eigenvalue weighted by molar-refractivity contribution is 5.97. The predicted octanol–water partition coefficient (Wildman–Crippen LogP) is 1.71. The van der Waals surface area contributed by atoms with Gasteiger partial charge in [-0.25, -0.2) is 4.79 Å². The van der Waals surface area contributed by atoms with Gasteiger partial charge in [0.25, 0.3) is 5.56 Å². The summed E-state index contributed by atoms with van der Waals surface area (Å²) >= 11 is 0. The molecular formula is C19H22N4O3. The monoisotopic (exact) mass is 354 g/mol. The lowest BCUT2D eigenvalue weighted by atomic mass is 10.0. The number of anilines is 2. The SMILES string of the molecule is C=CCn1c(N)c(NC(=O)[C@H](C)c2ccccc2)c(=O)n(CC=C)c1=O. The van der Waals surface area contributed by atoms with Gasteiger partial charge < -0.3 is 11.1 Å². The van der Waals surface area contributed by atoms with E-state index in [2.05, 4.69) is 18.5 Å². The van der Waals surface area contributed by atoms with Crippen LogP contribution in [0.25, 0.3) is 0 Å². The normalized spacial score (nSPS) is 11.6. The zero-order chi connectivity index (χ0) is 19.3. The Morgan fingerprint density at radius 1 is 1.15 bits per heavy atom. The molecule has 0 fully saturated rings. The lowest BCUT2D eigenvalue weighted by molar-refractivity contribution is -0.117. The highest BCUT2D eigenvalue weighted by atomic mass is 16.2. The second-order valence-corrected chi connectivity index (χ2v) is 5.77. The fourth-order valence-corrected chi connectivity index (χ4v) is 2.55. The second kappa shape index (κ2) is 8.15. The van der Waals surface area contributed by atoms with Crippen molar-refractivity contribution >= 4 is 17.4 Å². The van der Waals surface area contributed by atoms with Gasteiger partial charge in [0, 0.05) is 13.1 Å². The number of benzene rings is 1. The molecule has 3 N–H and O–H groups in total. The maximum atomic E-state index is 12.6. The number of carbonyl (C=O) groups excluding carboxylic acids is 1. The Balaban J connectivity index is 2.50. The van der Waals surface area contributed by atoms with Crippen molar-refractivity contribution in [3.63, 3.8) is 0 Å². The molecule has 0 spiro atoms. The Kier molecular flexibility index (Phi) is 5.95. The number of hydrogen-bond donors (Lipinski definition) is 2. The molecule has 0 radical (unpaired) electrons. The summed E-state index contributed by atoms with van der Waals surface area (Å²) in [5, 5.41) is 2.58. The predicted molar refractivity (Wildman–Crippen MR) is 103 cm³/mol. The first kappa shape index (κ1) is 19.0. The van der Waals surface area contributed by atoms with E-state index in [1.807, 2.05) is 30.3 Å². The lowest BCUT2D eigenvalue weighted by Crippen LogP contribution is -2.42. The average molecular weight is 354 g/mol. The summed E-state index contributed by atoms with van der Waals surface area (Å²) in [6.07, 6.45) is 2.91. The van der Waals surface area contributed by atoms with E-state index in [0.29, 0.717) is 0 Å². The summed E-state index contributed by atoms with van der Waals surface area (Å²) in [5.41, 5.74) is 5.41. The number of carbonyl (C=O) groups is 1. The minimum absolute atomic E-state index is 0.00615. The number of aromatic nitrogens is 2. The van der Waals surface area contributed by atoms with Crippen LogP contribution in [-0.4, -0.2) is 15.0 Å². The smallest absolute Gasteiger partial charge is 0.333 e. The Bertz CT molecular complexity index is 942. The number of rotatable bonds is 7. The van der Waals surface area contributed by atoms with Crippen molar-refractivity contribution in [3.8, 4) is 0 Å². The summed E-state index contributed by atoms with van der Waals surface area (Å²) in [6.45, 7) is 8.97. The van der Waals surface area contributed by atoms with E-state index in [1.165, 1.54) is 16.7 Å². The van der Waals surface area contributed by atoms with Gasteiger partial charge in [-0.15, -0.1) is 13.2 Å². The van der Waals surface area contributed by atoms with Gasteiger partial charge in [-0.05, 0) is 12.5 Å². The number of hydrogen-bond acceptors (Lipinski definition) is 4. The van der Waals surface area contributed by atoms with Crippen LogP contribution in [0.3, 0.4) is 0 Å². The van der Waals surface area contributed by atoms with Crippen molar-refractivity contribution in [1.29, 1.82) is 0 Å². The zero-order valence-electron chi connectivity index (χ0n) is 14.6. The van der Waals surface area contributed by atoms with Gasteiger partial charge in [0.1, 0.15) is 11.5 Å². The molecule has 1 aromatic carbocycles. The molecule has 7 nitrogen and oxygen atoms in total. The number of nitrogens with zero attached hydrogens (tertiary/aromatic N) is 2. The van der Waals surface area contributed by atoms with Gasteiger partial charge in [-0.2, -0.15) is 0 Å². The maximum Gasteiger partial charge on any atom is 0.333 e. The van der Waals surface area contributed by atoms with Gasteiger partial charge in [0.2, 0.25) is 5.91 Å². The van der Waals surface area contributed by atoms with E-state index in [9.17, 15) is 14.4 Å². The zero-order valence-corrected chi connectivity index (χ0v) is 14.6. The molecule has 2 rings (SSSR count). The lowest BCUT2D eigenvalue weighted by Gasteiger charge is -2.17. The van der Waals surface area contributed by atoms with Crippen molar-refractivity contribution in [1.82, 2.24) is 9.13 Å². The first-order valence-electron chi connectivity index (χ1n) is 8.13. The molecule has 26 heavy (non-hydrogen) atoms. The van der Waals surface area contributed by atoms with Crippen LogP contribution in [0.5, 0.6) is 0 Å². The first-order chi connectivity index (χ1) is 12.4. The number of amides is 1. The molecule has 0 aliphatic carbocycles. The van der Waals surface area contributed by atoms with E-state index in [-0.39, 0.29) is 24.6 Å². The third-order valence-electron chi connectivity index (χ3n) is 4.03. The fraction of sp³-hybridized carbons (Fsp3) is 0.211. The van der Waals surface area contributed by atoms with Crippen molar-refractivity contribution < 1.29 is 4.79 Å². The van der Waals surface area contributed by atoms with E-state index >= 15 is 0 Å². The summed E-state index contributed by atoms with van der Waals surface area (Å²) < 4.78 is 2.15. The maximum absolute atomic E-state index is 12.6. The first-order valence-corrected chi connectivity index (χ1v) is 8.13. The summed E-state index contributed by atoms with van der Waals surface area (Å²) in [4.78, 5) is 37.7. The molecule has 0 saturated heterocycles. The molecule has 2 aromatic rings. The van der Waals surface area contributed by atoms with Crippen molar-refractivity contribution in [2.45, 2.75) is 25.9 Å². The molecule has 1 heterocycles. The fourth-order valence-electron chi connectivity index (χ4n) is 2.55. The molecule has 1 atom stereocenters. The Hall–Kier alpha value is -3.35. The Labute approximate surface area is 151 Å². The number of nitrogen functional groups attached to an aromatic ring is 1. The standard InChI is InChI=1S/C19H22N4O3/c1-4-11-22-16(20)15(18(25)23(12-5-2)19(22)26)21-17(24)13(3)14-9-7-6-8-10-14/h4-10,13H,1-2,11-12,20H2,3H3,(H,21,24)/t13-/m1/s1. The molecule has 0 aliphatic heterocycles. The van der Waals surface area contributed by atoms with Crippen LogP contribution in [0.2, 0.25) is 0 Å². The molecule has 0 aliphatic rings. The summed E-state index contributed by atoms with van der Waals surface area (Å²) in [6, 6.07) is 9.15. The van der Waals surface area contributed by atoms with E-state index in [1.54, 1.807) is 6.92 Å². The highest BCUT2D eigenvalue weighted by Crippen LogP contribution is 2.18. The quantitative estimate of drug-likeness (QED) is 0.739. The van der Waals surface area contributed by atoms with Crippen LogP contribution >= 0.6 is 0 Å². The Morgan fingerprint density at radius 3 is 2.31 bits per heavy atom. The minimum atomic E-state index is -0.665. The van der Waals surface area contributed by atoms with E-state index in [4.69, 9.17) is 5.73 Å². The topological polar surface area (TPSA) is 99.1 Å². The van der Waals surface area contributed by atoms with Crippen LogP contribution in [-0.2, 0) is 17.9 Å². The van der Waals surface area contributed by atoms with E-state index < -0.39 is 23.1 Å². The van der Waals surface area contributed by atoms with Gasteiger partial charge in [-0.1, -0.05) is 42.5 Å². The second-order valence-electron chi connectivity index (χ2n) is 5.77. The summed E-state index contributed by atoms with van der Waals surface area (Å²) in [7, 11) is 0. The van der Waals surface area contributed by atoms with Crippen LogP contribution in [0.4, 0.5) is 11.5 Å². The van der Waals surface area contributed by atoms with E-state index in [0.717, 1.165) is 10.1 Å². The van der Waals surface area contributed by atoms with Crippen LogP contribution < -0.4 is 22.3 Å². The van der Waals surface area contributed by atoms with Crippen molar-refractivity contribution in [2.75, 3.05) is 11.1 Å². The molecule has 0 saturated carbocycles. The van der Waals surface area contributed by atoms with Gasteiger partial charge >= 0.3 is 5.69 Å². The van der Waals surface area contributed by atoms with Crippen LogP contribution in [0, 0.1) is 0 Å². The number of nitrogens with two attached hydrogens (primary N) is 1. The van der Waals surface area contributed by atoms with Gasteiger partial charge in [0.15, 0.2) is 0 Å². The molecule has 0 unspecified atom stereocenters. The third kappa shape index (κ3) is 3.66. The molecule has 136 valence electrons. The van der Waals surface area contributed by atoms with Crippen molar-refractivity contribution in [2.24, 2.45) is 0 Å². The highest BCUT2D eigenvalue weighted by Gasteiger charge is 2.21. The molecule has 7 heteroatoms. The van der Waals surface area contributed by atoms with Crippen LogP contribution in [0.15, 0.2) is 65.2 Å². The Morgan fingerprint density at radius 2 is 1.73 bits per heavy atom. The van der Waals surface area contributed by atoms with Gasteiger partial charge in [-0.3, -0.25) is 18.7 Å². The minimum Gasteiger partial charge on any atom is -0.383 e. The molecule has 1 aromatic heterocycles. The van der Waals surface area contributed by atoms with Crippen LogP contribution in [0.1, 0.15) is 18.4 Å². The number of allylic oxidation sites excluding steroid dienone is 2. The average Bonchev–Trinajstić information content (AvgIpc) is 2.65. The third-order valence-corrected chi connectivity index (χ3v) is 4.03. The largest absolute Gasteiger partial charge is 0.383 e. The summed E-state index contributed by atoms with van der Waals surface area (Å²) in [5.74, 6) is -0.995. The molecule has 0 bridgehead atoms. The van der Waals surface area contributed by atoms with Gasteiger partial charge in [0.05, 0.1) is 5.92 Å². The van der Waals surface area contributed by atoms with Crippen molar-refractivity contribution in [3.05, 3.63) is 82.0 Å². The molecular weight excluding hydrogens is 332 g/mol. The molecule has 1 amide bonds.